The summed E-state index contributed by atoms with van der Waals surface area (Å²) in [6, 6.07) is 5.38. The van der Waals surface area contributed by atoms with Crippen LogP contribution in [0.1, 0.15) is 19.3 Å². The Bertz CT molecular complexity index is 429. The van der Waals surface area contributed by atoms with Crippen LogP contribution >= 0.6 is 0 Å². The molecule has 0 aromatic heterocycles. The maximum Gasteiger partial charge on any atom is 0.181 e. The molecule has 0 aliphatic heterocycles. The molecule has 0 aliphatic rings. The second-order valence-corrected chi connectivity index (χ2v) is 5.61. The van der Waals surface area contributed by atoms with Crippen molar-refractivity contribution in [3.05, 3.63) is 30.1 Å². The van der Waals surface area contributed by atoms with Gasteiger partial charge in [-0.1, -0.05) is 18.6 Å². The molecule has 0 atom stereocenters. The Labute approximate surface area is 94.8 Å². The predicted octanol–water partition coefficient (Wildman–Crippen LogP) is 1.76. The van der Waals surface area contributed by atoms with Crippen molar-refractivity contribution in [3.63, 3.8) is 0 Å². The second kappa shape index (κ2) is 5.96. The number of aliphatic hydroxyl groups excluding tert-OH is 1. The fourth-order valence-electron chi connectivity index (χ4n) is 1.39. The quantitative estimate of drug-likeness (QED) is 0.778. The molecular formula is C11H15FO3S. The highest BCUT2D eigenvalue weighted by molar-refractivity contribution is 7.91. The average Bonchev–Trinajstić information content (AvgIpc) is 2.25. The lowest BCUT2D eigenvalue weighted by Gasteiger charge is -2.04. The van der Waals surface area contributed by atoms with E-state index in [0.29, 0.717) is 19.3 Å². The van der Waals surface area contributed by atoms with Gasteiger partial charge in [-0.05, 0) is 25.0 Å². The minimum Gasteiger partial charge on any atom is -0.396 e. The first kappa shape index (κ1) is 13.1. The normalized spacial score (nSPS) is 11.6. The fourth-order valence-corrected chi connectivity index (χ4v) is 2.84. The molecular weight excluding hydrogens is 231 g/mol. The van der Waals surface area contributed by atoms with Crippen LogP contribution in [0.5, 0.6) is 0 Å². The van der Waals surface area contributed by atoms with Crippen LogP contribution in [0.2, 0.25) is 0 Å². The molecule has 0 bridgehead atoms. The summed E-state index contributed by atoms with van der Waals surface area (Å²) >= 11 is 0. The number of halogens is 1. The number of rotatable bonds is 6. The molecule has 0 fully saturated rings. The molecule has 90 valence electrons. The highest BCUT2D eigenvalue weighted by atomic mass is 32.2. The van der Waals surface area contributed by atoms with Gasteiger partial charge >= 0.3 is 0 Å². The van der Waals surface area contributed by atoms with E-state index < -0.39 is 15.7 Å². The van der Waals surface area contributed by atoms with Gasteiger partial charge in [0.1, 0.15) is 10.7 Å². The summed E-state index contributed by atoms with van der Waals surface area (Å²) in [5.74, 6) is -0.779. The number of sulfone groups is 1. The topological polar surface area (TPSA) is 54.4 Å². The van der Waals surface area contributed by atoms with Crippen LogP contribution in [0.15, 0.2) is 29.2 Å². The summed E-state index contributed by atoms with van der Waals surface area (Å²) in [4.78, 5) is -0.237. The Balaban J connectivity index is 2.68. The first-order valence-electron chi connectivity index (χ1n) is 5.16. The summed E-state index contributed by atoms with van der Waals surface area (Å²) in [5, 5.41) is 8.55. The minimum absolute atomic E-state index is 0.0553. The highest BCUT2D eigenvalue weighted by Gasteiger charge is 2.17. The number of hydrogen-bond donors (Lipinski definition) is 1. The lowest BCUT2D eigenvalue weighted by molar-refractivity contribution is 0.284. The van der Waals surface area contributed by atoms with Gasteiger partial charge < -0.3 is 5.11 Å². The van der Waals surface area contributed by atoms with Gasteiger partial charge in [-0.2, -0.15) is 0 Å². The average molecular weight is 246 g/mol. The third kappa shape index (κ3) is 3.57. The zero-order valence-corrected chi connectivity index (χ0v) is 9.71. The van der Waals surface area contributed by atoms with Gasteiger partial charge in [-0.15, -0.1) is 0 Å². The van der Waals surface area contributed by atoms with Gasteiger partial charge in [0.2, 0.25) is 0 Å². The van der Waals surface area contributed by atoms with Gasteiger partial charge in [-0.3, -0.25) is 0 Å². The SMILES string of the molecule is O=S(=O)(CCCCCO)c1ccccc1F. The summed E-state index contributed by atoms with van der Waals surface area (Å²) < 4.78 is 36.7. The zero-order valence-electron chi connectivity index (χ0n) is 8.89. The van der Waals surface area contributed by atoms with Gasteiger partial charge in [0.25, 0.3) is 0 Å². The van der Waals surface area contributed by atoms with Crippen LogP contribution in [-0.4, -0.2) is 25.9 Å². The van der Waals surface area contributed by atoms with Crippen LogP contribution < -0.4 is 0 Å². The number of unbranched alkanes of at least 4 members (excludes halogenated alkanes) is 2. The van der Waals surface area contributed by atoms with Gasteiger partial charge in [0, 0.05) is 6.61 Å². The van der Waals surface area contributed by atoms with E-state index in [2.05, 4.69) is 0 Å². The fraction of sp³-hybridized carbons (Fsp3) is 0.455. The molecule has 1 aromatic rings. The second-order valence-electron chi connectivity index (χ2n) is 3.53. The molecule has 1 aromatic carbocycles. The van der Waals surface area contributed by atoms with Gasteiger partial charge in [0.05, 0.1) is 5.75 Å². The standard InChI is InChI=1S/C11H15FO3S/c12-10-6-2-3-7-11(10)16(14,15)9-5-1-4-8-13/h2-3,6-7,13H,1,4-5,8-9H2. The van der Waals surface area contributed by atoms with E-state index in [9.17, 15) is 12.8 Å². The maximum atomic E-state index is 13.2. The summed E-state index contributed by atoms with van der Waals surface area (Å²) in [6.45, 7) is 0.0553. The van der Waals surface area contributed by atoms with Crippen LogP contribution in [0, 0.1) is 5.82 Å². The van der Waals surface area contributed by atoms with Crippen molar-refractivity contribution in [2.45, 2.75) is 24.2 Å². The van der Waals surface area contributed by atoms with Gasteiger partial charge in [0.15, 0.2) is 9.84 Å². The molecule has 3 nitrogen and oxygen atoms in total. The molecule has 5 heteroatoms. The molecule has 0 heterocycles. The highest BCUT2D eigenvalue weighted by Crippen LogP contribution is 2.16. The molecule has 0 spiro atoms. The van der Waals surface area contributed by atoms with E-state index in [-0.39, 0.29) is 17.3 Å². The molecule has 0 amide bonds. The molecule has 0 unspecified atom stereocenters. The first-order chi connectivity index (χ1) is 7.58. The Kier molecular flexibility index (Phi) is 4.89. The predicted molar refractivity (Wildman–Crippen MR) is 59.4 cm³/mol. The van der Waals surface area contributed by atoms with Crippen LogP contribution in [-0.2, 0) is 9.84 Å². The molecule has 16 heavy (non-hydrogen) atoms. The Hall–Kier alpha value is -0.940. The van der Waals surface area contributed by atoms with Gasteiger partial charge in [-0.25, -0.2) is 12.8 Å². The number of hydrogen-bond acceptors (Lipinski definition) is 3. The Morgan fingerprint density at radius 2 is 1.81 bits per heavy atom. The van der Waals surface area contributed by atoms with Crippen molar-refractivity contribution in [2.75, 3.05) is 12.4 Å². The maximum absolute atomic E-state index is 13.2. The minimum atomic E-state index is -3.53. The Morgan fingerprint density at radius 1 is 1.12 bits per heavy atom. The monoisotopic (exact) mass is 246 g/mol. The largest absolute Gasteiger partial charge is 0.396 e. The first-order valence-corrected chi connectivity index (χ1v) is 6.81. The van der Waals surface area contributed by atoms with E-state index in [4.69, 9.17) is 5.11 Å². The van der Waals surface area contributed by atoms with Crippen LogP contribution in [0.25, 0.3) is 0 Å². The third-order valence-electron chi connectivity index (χ3n) is 2.24. The van der Waals surface area contributed by atoms with Crippen molar-refractivity contribution in [3.8, 4) is 0 Å². The Morgan fingerprint density at radius 3 is 2.44 bits per heavy atom. The van der Waals surface area contributed by atoms with E-state index >= 15 is 0 Å². The zero-order chi connectivity index (χ0) is 12.0. The molecule has 0 aliphatic carbocycles. The lowest BCUT2D eigenvalue weighted by atomic mass is 10.3. The van der Waals surface area contributed by atoms with E-state index in [1.165, 1.54) is 18.2 Å². The lowest BCUT2D eigenvalue weighted by Crippen LogP contribution is -2.09. The van der Waals surface area contributed by atoms with Crippen molar-refractivity contribution in [2.24, 2.45) is 0 Å². The summed E-state index contributed by atoms with van der Waals surface area (Å²) in [6.07, 6.45) is 1.65. The number of benzene rings is 1. The smallest absolute Gasteiger partial charge is 0.181 e. The number of aliphatic hydroxyl groups is 1. The van der Waals surface area contributed by atoms with Crippen molar-refractivity contribution >= 4 is 9.84 Å². The van der Waals surface area contributed by atoms with Crippen molar-refractivity contribution < 1.29 is 17.9 Å². The molecule has 0 radical (unpaired) electrons. The van der Waals surface area contributed by atoms with E-state index in [1.807, 2.05) is 0 Å². The van der Waals surface area contributed by atoms with E-state index in [0.717, 1.165) is 6.07 Å². The molecule has 0 saturated heterocycles. The summed E-state index contributed by atoms with van der Waals surface area (Å²) in [5.41, 5.74) is 0. The molecule has 1 N–H and O–H groups in total. The molecule has 1 rings (SSSR count). The van der Waals surface area contributed by atoms with Crippen LogP contribution in [0.3, 0.4) is 0 Å². The third-order valence-corrected chi connectivity index (χ3v) is 4.07. The molecule has 0 saturated carbocycles. The van der Waals surface area contributed by atoms with E-state index in [1.54, 1.807) is 0 Å². The summed E-state index contributed by atoms with van der Waals surface area (Å²) in [7, 11) is -3.53. The van der Waals surface area contributed by atoms with Crippen LogP contribution in [0.4, 0.5) is 4.39 Å². The van der Waals surface area contributed by atoms with Crippen molar-refractivity contribution in [1.29, 1.82) is 0 Å². The van der Waals surface area contributed by atoms with Crippen molar-refractivity contribution in [1.82, 2.24) is 0 Å².